The molecule has 1 heterocycles. The predicted molar refractivity (Wildman–Crippen MR) is 80.4 cm³/mol. The van der Waals surface area contributed by atoms with E-state index in [1.54, 1.807) is 6.33 Å². The number of benzene rings is 1. The summed E-state index contributed by atoms with van der Waals surface area (Å²) in [5, 5.41) is 11.0. The summed E-state index contributed by atoms with van der Waals surface area (Å²) in [5.41, 5.74) is 6.08. The number of nitrogens with zero attached hydrogens (tertiary/aromatic N) is 3. The smallest absolute Gasteiger partial charge is 0.224 e. The van der Waals surface area contributed by atoms with Gasteiger partial charge in [0.15, 0.2) is 5.16 Å². The van der Waals surface area contributed by atoms with Gasteiger partial charge >= 0.3 is 0 Å². The Hall–Kier alpha value is -2.09. The maximum Gasteiger partial charge on any atom is 0.224 e. The Bertz CT molecular complexity index is 631. The van der Waals surface area contributed by atoms with Crippen molar-refractivity contribution in [2.24, 2.45) is 7.05 Å². The molecular formula is C13H16FN5OS. The van der Waals surface area contributed by atoms with Crippen LogP contribution in [0.1, 0.15) is 12.8 Å². The quantitative estimate of drug-likeness (QED) is 0.484. The molecule has 1 aromatic carbocycles. The van der Waals surface area contributed by atoms with Gasteiger partial charge in [0.2, 0.25) is 5.91 Å². The second kappa shape index (κ2) is 7.07. The Morgan fingerprint density at radius 1 is 1.52 bits per heavy atom. The lowest BCUT2D eigenvalue weighted by molar-refractivity contribution is -0.116. The highest BCUT2D eigenvalue weighted by Crippen LogP contribution is 2.19. The van der Waals surface area contributed by atoms with Crippen molar-refractivity contribution in [2.75, 3.05) is 16.8 Å². The van der Waals surface area contributed by atoms with E-state index in [1.807, 2.05) is 11.6 Å². The summed E-state index contributed by atoms with van der Waals surface area (Å²) in [7, 11) is 1.86. The van der Waals surface area contributed by atoms with Crippen LogP contribution in [0.3, 0.4) is 0 Å². The van der Waals surface area contributed by atoms with Gasteiger partial charge in [0.1, 0.15) is 12.1 Å². The number of hydrogen-bond acceptors (Lipinski definition) is 5. The average molecular weight is 309 g/mol. The maximum atomic E-state index is 13.5. The number of nitrogens with one attached hydrogen (secondary N) is 1. The van der Waals surface area contributed by atoms with E-state index in [4.69, 9.17) is 5.73 Å². The molecule has 0 aliphatic carbocycles. The number of amides is 1. The van der Waals surface area contributed by atoms with Crippen molar-refractivity contribution in [1.29, 1.82) is 0 Å². The van der Waals surface area contributed by atoms with E-state index < -0.39 is 5.82 Å². The van der Waals surface area contributed by atoms with Gasteiger partial charge in [0, 0.05) is 24.9 Å². The molecule has 6 nitrogen and oxygen atoms in total. The number of carbonyl (C=O) groups is 1. The number of thioether (sulfide) groups is 1. The minimum absolute atomic E-state index is 0.112. The van der Waals surface area contributed by atoms with Crippen LogP contribution in [0.5, 0.6) is 0 Å². The minimum atomic E-state index is -0.494. The SMILES string of the molecule is Cn1cnnc1SCCCC(=O)Nc1cc(N)ccc1F. The van der Waals surface area contributed by atoms with Gasteiger partial charge in [-0.1, -0.05) is 11.8 Å². The number of rotatable bonds is 6. The summed E-state index contributed by atoms with van der Waals surface area (Å²) in [6.45, 7) is 0. The number of aryl methyl sites for hydroxylation is 1. The largest absolute Gasteiger partial charge is 0.399 e. The van der Waals surface area contributed by atoms with Crippen molar-refractivity contribution in [3.63, 3.8) is 0 Å². The van der Waals surface area contributed by atoms with Gasteiger partial charge in [-0.05, 0) is 24.6 Å². The van der Waals surface area contributed by atoms with Gasteiger partial charge in [-0.25, -0.2) is 4.39 Å². The fourth-order valence-electron chi connectivity index (χ4n) is 1.65. The van der Waals surface area contributed by atoms with Gasteiger partial charge in [-0.15, -0.1) is 10.2 Å². The van der Waals surface area contributed by atoms with E-state index in [2.05, 4.69) is 15.5 Å². The van der Waals surface area contributed by atoms with Gasteiger partial charge in [0.25, 0.3) is 0 Å². The molecule has 2 aromatic rings. The molecule has 0 unspecified atom stereocenters. The first-order valence-electron chi connectivity index (χ1n) is 6.38. The summed E-state index contributed by atoms with van der Waals surface area (Å²) >= 11 is 1.52. The Balaban J connectivity index is 1.75. The number of nitrogen functional groups attached to an aromatic ring is 1. The second-order valence-corrected chi connectivity index (χ2v) is 5.53. The molecule has 112 valence electrons. The summed E-state index contributed by atoms with van der Waals surface area (Å²) in [5.74, 6) is 0.00314. The third-order valence-corrected chi connectivity index (χ3v) is 3.83. The molecule has 21 heavy (non-hydrogen) atoms. The first-order valence-corrected chi connectivity index (χ1v) is 7.36. The summed E-state index contributed by atoms with van der Waals surface area (Å²) in [6.07, 6.45) is 2.59. The van der Waals surface area contributed by atoms with Crippen LogP contribution < -0.4 is 11.1 Å². The fraction of sp³-hybridized carbons (Fsp3) is 0.308. The van der Waals surface area contributed by atoms with Crippen LogP contribution in [0.4, 0.5) is 15.8 Å². The number of anilines is 2. The molecule has 8 heteroatoms. The second-order valence-electron chi connectivity index (χ2n) is 4.46. The molecule has 3 N–H and O–H groups in total. The molecule has 0 fully saturated rings. The van der Waals surface area contributed by atoms with E-state index in [-0.39, 0.29) is 11.6 Å². The topological polar surface area (TPSA) is 85.8 Å². The lowest BCUT2D eigenvalue weighted by Crippen LogP contribution is -2.13. The van der Waals surface area contributed by atoms with Gasteiger partial charge < -0.3 is 15.6 Å². The monoisotopic (exact) mass is 309 g/mol. The van der Waals surface area contributed by atoms with Crippen molar-refractivity contribution in [1.82, 2.24) is 14.8 Å². The lowest BCUT2D eigenvalue weighted by Gasteiger charge is -2.07. The molecule has 0 spiro atoms. The highest BCUT2D eigenvalue weighted by Gasteiger charge is 2.08. The standard InChI is InChI=1S/C13H16FN5OS/c1-19-8-16-18-13(19)21-6-2-3-12(20)17-11-7-9(15)4-5-10(11)14/h4-5,7-8H,2-3,6,15H2,1H3,(H,17,20). The van der Waals surface area contributed by atoms with Crippen molar-refractivity contribution < 1.29 is 9.18 Å². The molecule has 0 radical (unpaired) electrons. The molecular weight excluding hydrogens is 293 g/mol. The van der Waals surface area contributed by atoms with E-state index in [0.29, 0.717) is 18.5 Å². The lowest BCUT2D eigenvalue weighted by atomic mass is 10.2. The molecule has 2 rings (SSSR count). The Kier molecular flexibility index (Phi) is 5.15. The van der Waals surface area contributed by atoms with Crippen molar-refractivity contribution in [3.8, 4) is 0 Å². The minimum Gasteiger partial charge on any atom is -0.399 e. The molecule has 0 aliphatic heterocycles. The number of aromatic nitrogens is 3. The molecule has 0 atom stereocenters. The summed E-state index contributed by atoms with van der Waals surface area (Å²) in [4.78, 5) is 11.7. The van der Waals surface area contributed by atoms with Crippen molar-refractivity contribution >= 4 is 29.0 Å². The van der Waals surface area contributed by atoms with Crippen molar-refractivity contribution in [3.05, 3.63) is 30.3 Å². The van der Waals surface area contributed by atoms with E-state index in [1.165, 1.54) is 30.0 Å². The van der Waals surface area contributed by atoms with Crippen LogP contribution in [0.15, 0.2) is 29.7 Å². The Labute approximate surface area is 125 Å². The van der Waals surface area contributed by atoms with Crippen LogP contribution in [-0.4, -0.2) is 26.4 Å². The summed E-state index contributed by atoms with van der Waals surface area (Å²) < 4.78 is 15.3. The first kappa shape index (κ1) is 15.3. The maximum absolute atomic E-state index is 13.5. The highest BCUT2D eigenvalue weighted by molar-refractivity contribution is 7.99. The molecule has 1 aromatic heterocycles. The highest BCUT2D eigenvalue weighted by atomic mass is 32.2. The number of halogens is 1. The Morgan fingerprint density at radius 2 is 2.33 bits per heavy atom. The number of hydrogen-bond donors (Lipinski definition) is 2. The van der Waals surface area contributed by atoms with E-state index in [0.717, 1.165) is 10.9 Å². The first-order chi connectivity index (χ1) is 10.1. The third-order valence-electron chi connectivity index (χ3n) is 2.71. The Morgan fingerprint density at radius 3 is 3.05 bits per heavy atom. The zero-order valence-corrected chi connectivity index (χ0v) is 12.4. The van der Waals surface area contributed by atoms with E-state index >= 15 is 0 Å². The summed E-state index contributed by atoms with van der Waals surface area (Å²) in [6, 6.07) is 4.08. The molecule has 0 saturated carbocycles. The molecule has 0 aliphatic rings. The number of nitrogens with two attached hydrogens (primary N) is 1. The van der Waals surface area contributed by atoms with Gasteiger partial charge in [-0.2, -0.15) is 0 Å². The average Bonchev–Trinajstić information content (AvgIpc) is 2.84. The number of carbonyl (C=O) groups excluding carboxylic acids is 1. The molecule has 0 bridgehead atoms. The van der Waals surface area contributed by atoms with Gasteiger partial charge in [-0.3, -0.25) is 4.79 Å². The van der Waals surface area contributed by atoms with Crippen LogP contribution in [0, 0.1) is 5.82 Å². The van der Waals surface area contributed by atoms with Crippen molar-refractivity contribution in [2.45, 2.75) is 18.0 Å². The van der Waals surface area contributed by atoms with Gasteiger partial charge in [0.05, 0.1) is 5.69 Å². The third kappa shape index (κ3) is 4.45. The zero-order valence-electron chi connectivity index (χ0n) is 11.5. The van der Waals surface area contributed by atoms with E-state index in [9.17, 15) is 9.18 Å². The predicted octanol–water partition coefficient (Wildman–Crippen LogP) is 2.05. The molecule has 0 saturated heterocycles. The van der Waals surface area contributed by atoms with Crippen LogP contribution in [-0.2, 0) is 11.8 Å². The van der Waals surface area contributed by atoms with Crippen LogP contribution in [0.25, 0.3) is 0 Å². The van der Waals surface area contributed by atoms with Crippen LogP contribution in [0.2, 0.25) is 0 Å². The van der Waals surface area contributed by atoms with Crippen LogP contribution >= 0.6 is 11.8 Å². The zero-order chi connectivity index (χ0) is 15.2. The molecule has 1 amide bonds. The fourth-order valence-corrected chi connectivity index (χ4v) is 2.48. The normalized spacial score (nSPS) is 10.6.